The average Bonchev–Trinajstić information content (AvgIpc) is 2.93. The normalized spacial score (nSPS) is 10.9. The predicted octanol–water partition coefficient (Wildman–Crippen LogP) is 4.25. The maximum Gasteiger partial charge on any atom is 0.139 e. The Kier molecular flexibility index (Phi) is 2.90. The zero-order valence-electron chi connectivity index (χ0n) is 12.0. The second kappa shape index (κ2) is 5.04. The molecule has 0 aliphatic carbocycles. The van der Waals surface area contributed by atoms with Crippen LogP contribution in [0.4, 0.5) is 5.82 Å². The summed E-state index contributed by atoms with van der Waals surface area (Å²) in [4.78, 5) is 4.66. The molecule has 106 valence electrons. The van der Waals surface area contributed by atoms with Gasteiger partial charge in [-0.2, -0.15) is 0 Å². The number of imidazole rings is 1. The molecule has 0 radical (unpaired) electrons. The summed E-state index contributed by atoms with van der Waals surface area (Å²) in [5.74, 6) is 0.666. The first-order valence-electron chi connectivity index (χ1n) is 7.21. The van der Waals surface area contributed by atoms with Gasteiger partial charge in [-0.05, 0) is 23.3 Å². The number of fused-ring (bicyclic) bond motifs is 1. The van der Waals surface area contributed by atoms with Crippen LogP contribution >= 0.6 is 0 Å². The van der Waals surface area contributed by atoms with Crippen molar-refractivity contribution in [1.29, 1.82) is 0 Å². The first-order chi connectivity index (χ1) is 10.8. The minimum Gasteiger partial charge on any atom is -0.383 e. The third-order valence-electron chi connectivity index (χ3n) is 3.81. The zero-order valence-corrected chi connectivity index (χ0v) is 12.0. The van der Waals surface area contributed by atoms with Crippen LogP contribution in [0.25, 0.3) is 28.0 Å². The second-order valence-corrected chi connectivity index (χ2v) is 5.22. The fourth-order valence-corrected chi connectivity index (χ4v) is 2.67. The van der Waals surface area contributed by atoms with Crippen LogP contribution in [-0.2, 0) is 0 Å². The summed E-state index contributed by atoms with van der Waals surface area (Å²) >= 11 is 0. The van der Waals surface area contributed by atoms with E-state index in [1.807, 2.05) is 65.2 Å². The van der Waals surface area contributed by atoms with Crippen molar-refractivity contribution in [3.63, 3.8) is 0 Å². The van der Waals surface area contributed by atoms with E-state index in [4.69, 9.17) is 5.73 Å². The molecule has 0 bridgehead atoms. The molecule has 4 aromatic rings. The van der Waals surface area contributed by atoms with Crippen LogP contribution in [0.15, 0.2) is 79.0 Å². The monoisotopic (exact) mass is 285 g/mol. The lowest BCUT2D eigenvalue weighted by Crippen LogP contribution is -1.94. The van der Waals surface area contributed by atoms with E-state index in [1.54, 1.807) is 0 Å². The Labute approximate surface area is 128 Å². The molecule has 2 aromatic carbocycles. The Hall–Kier alpha value is -3.07. The lowest BCUT2D eigenvalue weighted by atomic mass is 10.1. The van der Waals surface area contributed by atoms with Crippen molar-refractivity contribution in [3.05, 3.63) is 79.0 Å². The summed E-state index contributed by atoms with van der Waals surface area (Å²) in [7, 11) is 0. The van der Waals surface area contributed by atoms with Crippen molar-refractivity contribution in [1.82, 2.24) is 9.38 Å². The number of nitrogens with zero attached hydrogens (tertiary/aromatic N) is 2. The van der Waals surface area contributed by atoms with Gasteiger partial charge in [-0.3, -0.25) is 4.40 Å². The van der Waals surface area contributed by atoms with Gasteiger partial charge in [-0.25, -0.2) is 4.98 Å². The maximum absolute atomic E-state index is 6.32. The summed E-state index contributed by atoms with van der Waals surface area (Å²) in [5.41, 5.74) is 11.3. The molecule has 3 nitrogen and oxygen atoms in total. The molecular formula is C19H15N3. The molecule has 0 amide bonds. The predicted molar refractivity (Wildman–Crippen MR) is 90.5 cm³/mol. The Balaban J connectivity index is 1.89. The number of rotatable bonds is 2. The maximum atomic E-state index is 6.32. The van der Waals surface area contributed by atoms with Crippen LogP contribution in [0.3, 0.4) is 0 Å². The van der Waals surface area contributed by atoms with E-state index >= 15 is 0 Å². The molecule has 0 spiro atoms. The SMILES string of the molecule is Nc1c(-c2ccccc2)nc2ccc(-c3ccccc3)cn12. The smallest absolute Gasteiger partial charge is 0.139 e. The van der Waals surface area contributed by atoms with E-state index in [2.05, 4.69) is 23.2 Å². The second-order valence-electron chi connectivity index (χ2n) is 5.22. The highest BCUT2D eigenvalue weighted by atomic mass is 15.1. The zero-order chi connectivity index (χ0) is 14.9. The number of aromatic nitrogens is 2. The van der Waals surface area contributed by atoms with Gasteiger partial charge in [0.2, 0.25) is 0 Å². The minimum absolute atomic E-state index is 0.666. The summed E-state index contributed by atoms with van der Waals surface area (Å²) in [5, 5.41) is 0. The Morgan fingerprint density at radius 3 is 2.00 bits per heavy atom. The fourth-order valence-electron chi connectivity index (χ4n) is 2.67. The van der Waals surface area contributed by atoms with Crippen LogP contribution < -0.4 is 5.73 Å². The third kappa shape index (κ3) is 2.04. The molecule has 0 aliphatic rings. The number of nitrogen functional groups attached to an aromatic ring is 1. The highest BCUT2D eigenvalue weighted by molar-refractivity contribution is 5.76. The van der Waals surface area contributed by atoms with Crippen molar-refractivity contribution in [2.24, 2.45) is 0 Å². The van der Waals surface area contributed by atoms with E-state index in [-0.39, 0.29) is 0 Å². The Morgan fingerprint density at radius 1 is 0.682 bits per heavy atom. The van der Waals surface area contributed by atoms with Gasteiger partial charge in [0.05, 0.1) is 0 Å². The van der Waals surface area contributed by atoms with Gasteiger partial charge >= 0.3 is 0 Å². The van der Waals surface area contributed by atoms with E-state index in [9.17, 15) is 0 Å². The van der Waals surface area contributed by atoms with Gasteiger partial charge in [0.1, 0.15) is 17.2 Å². The van der Waals surface area contributed by atoms with Crippen LogP contribution in [-0.4, -0.2) is 9.38 Å². The molecular weight excluding hydrogens is 270 g/mol. The summed E-state index contributed by atoms with van der Waals surface area (Å²) in [6.07, 6.45) is 2.04. The highest BCUT2D eigenvalue weighted by Gasteiger charge is 2.11. The highest BCUT2D eigenvalue weighted by Crippen LogP contribution is 2.28. The molecule has 0 unspecified atom stereocenters. The van der Waals surface area contributed by atoms with Crippen LogP contribution in [0.1, 0.15) is 0 Å². The van der Waals surface area contributed by atoms with Gasteiger partial charge < -0.3 is 5.73 Å². The summed E-state index contributed by atoms with van der Waals surface area (Å²) in [6, 6.07) is 24.4. The Bertz CT molecular complexity index is 925. The topological polar surface area (TPSA) is 43.3 Å². The van der Waals surface area contributed by atoms with Crippen molar-refractivity contribution in [2.75, 3.05) is 5.73 Å². The van der Waals surface area contributed by atoms with Crippen molar-refractivity contribution in [3.8, 4) is 22.4 Å². The van der Waals surface area contributed by atoms with Gasteiger partial charge in [0.25, 0.3) is 0 Å². The van der Waals surface area contributed by atoms with E-state index in [1.165, 1.54) is 5.56 Å². The lowest BCUT2D eigenvalue weighted by Gasteiger charge is -2.03. The molecule has 0 saturated heterocycles. The van der Waals surface area contributed by atoms with E-state index in [0.717, 1.165) is 22.5 Å². The van der Waals surface area contributed by atoms with Gasteiger partial charge in [-0.1, -0.05) is 60.7 Å². The van der Waals surface area contributed by atoms with Crippen LogP contribution in [0.2, 0.25) is 0 Å². The van der Waals surface area contributed by atoms with Crippen molar-refractivity contribution in [2.45, 2.75) is 0 Å². The number of pyridine rings is 1. The summed E-state index contributed by atoms with van der Waals surface area (Å²) < 4.78 is 1.95. The van der Waals surface area contributed by atoms with Crippen molar-refractivity contribution >= 4 is 11.5 Å². The number of anilines is 1. The van der Waals surface area contributed by atoms with Gasteiger partial charge in [0, 0.05) is 11.8 Å². The van der Waals surface area contributed by atoms with Gasteiger partial charge in [0.15, 0.2) is 0 Å². The third-order valence-corrected chi connectivity index (χ3v) is 3.81. The largest absolute Gasteiger partial charge is 0.383 e. The standard InChI is InChI=1S/C19H15N3/c20-19-18(15-9-5-2-6-10-15)21-17-12-11-16(13-22(17)19)14-7-3-1-4-8-14/h1-13H,20H2. The summed E-state index contributed by atoms with van der Waals surface area (Å²) in [6.45, 7) is 0. The number of hydrogen-bond acceptors (Lipinski definition) is 2. The minimum atomic E-state index is 0.666. The Morgan fingerprint density at radius 2 is 1.32 bits per heavy atom. The first kappa shape index (κ1) is 12.7. The number of benzene rings is 2. The van der Waals surface area contributed by atoms with Crippen LogP contribution in [0, 0.1) is 0 Å². The average molecular weight is 285 g/mol. The molecule has 2 heterocycles. The number of nitrogens with two attached hydrogens (primary N) is 1. The molecule has 4 rings (SSSR count). The lowest BCUT2D eigenvalue weighted by molar-refractivity contribution is 1.20. The van der Waals surface area contributed by atoms with Gasteiger partial charge in [-0.15, -0.1) is 0 Å². The molecule has 0 atom stereocenters. The van der Waals surface area contributed by atoms with E-state index < -0.39 is 0 Å². The van der Waals surface area contributed by atoms with Crippen LogP contribution in [0.5, 0.6) is 0 Å². The molecule has 3 heteroatoms. The van der Waals surface area contributed by atoms with E-state index in [0.29, 0.717) is 5.82 Å². The molecule has 0 aliphatic heterocycles. The fraction of sp³-hybridized carbons (Fsp3) is 0. The molecule has 0 fully saturated rings. The molecule has 0 saturated carbocycles. The number of hydrogen-bond donors (Lipinski definition) is 1. The molecule has 2 N–H and O–H groups in total. The molecule has 22 heavy (non-hydrogen) atoms. The first-order valence-corrected chi connectivity index (χ1v) is 7.21. The molecule has 2 aromatic heterocycles. The van der Waals surface area contributed by atoms with Crippen molar-refractivity contribution < 1.29 is 0 Å². The quantitative estimate of drug-likeness (QED) is 0.598.